The van der Waals surface area contributed by atoms with Crippen LogP contribution >= 0.6 is 0 Å². The van der Waals surface area contributed by atoms with Gasteiger partial charge in [-0.3, -0.25) is 4.90 Å². The maximum atomic E-state index is 10.9. The number of ether oxygens (including phenoxy) is 1. The van der Waals surface area contributed by atoms with Crippen molar-refractivity contribution < 1.29 is 14.6 Å². The van der Waals surface area contributed by atoms with E-state index in [1.54, 1.807) is 0 Å². The van der Waals surface area contributed by atoms with Crippen LogP contribution in [0, 0.1) is 0 Å². The number of piperazine rings is 1. The van der Waals surface area contributed by atoms with Crippen molar-refractivity contribution in [3.8, 4) is 0 Å². The molecule has 1 aliphatic heterocycles. The maximum absolute atomic E-state index is 10.9. The Morgan fingerprint density at radius 2 is 2.25 bits per heavy atom. The lowest BCUT2D eigenvalue weighted by Gasteiger charge is -2.38. The Hall–Kier alpha value is -0.650. The molecule has 2 atom stereocenters. The van der Waals surface area contributed by atoms with Crippen molar-refractivity contribution >= 4 is 5.97 Å². The molecular formula is C11H22N2O3. The van der Waals surface area contributed by atoms with Crippen LogP contribution < -0.4 is 0 Å². The summed E-state index contributed by atoms with van der Waals surface area (Å²) in [5.74, 6) is -0.867. The molecular weight excluding hydrogens is 208 g/mol. The van der Waals surface area contributed by atoms with Crippen LogP contribution in [0.5, 0.6) is 0 Å². The Morgan fingerprint density at radius 1 is 1.56 bits per heavy atom. The van der Waals surface area contributed by atoms with E-state index in [1.165, 1.54) is 0 Å². The fraction of sp³-hybridized carbons (Fsp3) is 0.909. The van der Waals surface area contributed by atoms with E-state index in [4.69, 9.17) is 9.84 Å². The summed E-state index contributed by atoms with van der Waals surface area (Å²) in [6, 6.07) is 0.477. The normalized spacial score (nSPS) is 25.6. The summed E-state index contributed by atoms with van der Waals surface area (Å²) in [7, 11) is 2.10. The van der Waals surface area contributed by atoms with Gasteiger partial charge in [-0.1, -0.05) is 0 Å². The van der Waals surface area contributed by atoms with Crippen LogP contribution in [0.25, 0.3) is 0 Å². The molecule has 5 nitrogen and oxygen atoms in total. The van der Waals surface area contributed by atoms with Crippen molar-refractivity contribution in [3.63, 3.8) is 0 Å². The lowest BCUT2D eigenvalue weighted by atomic mass is 10.2. The Bertz CT molecular complexity index is 235. The van der Waals surface area contributed by atoms with Gasteiger partial charge in [0.2, 0.25) is 0 Å². The van der Waals surface area contributed by atoms with E-state index in [1.807, 2.05) is 6.92 Å². The van der Waals surface area contributed by atoms with Crippen molar-refractivity contribution in [3.05, 3.63) is 0 Å². The van der Waals surface area contributed by atoms with Gasteiger partial charge in [0.1, 0.15) is 0 Å². The molecule has 0 amide bonds. The fourth-order valence-electron chi connectivity index (χ4n) is 1.93. The van der Waals surface area contributed by atoms with Gasteiger partial charge in [0.25, 0.3) is 0 Å². The Labute approximate surface area is 97.0 Å². The minimum atomic E-state index is -0.867. The maximum Gasteiger partial charge on any atom is 0.334 e. The molecule has 1 rings (SSSR count). The van der Waals surface area contributed by atoms with E-state index in [2.05, 4.69) is 23.8 Å². The first-order valence-corrected chi connectivity index (χ1v) is 5.81. The minimum Gasteiger partial charge on any atom is -0.479 e. The van der Waals surface area contributed by atoms with Crippen molar-refractivity contribution in [2.45, 2.75) is 26.0 Å². The molecule has 1 fully saturated rings. The zero-order valence-corrected chi connectivity index (χ0v) is 10.3. The van der Waals surface area contributed by atoms with Gasteiger partial charge in [-0.25, -0.2) is 4.79 Å². The van der Waals surface area contributed by atoms with Crippen LogP contribution in [-0.4, -0.2) is 72.9 Å². The van der Waals surface area contributed by atoms with Gasteiger partial charge < -0.3 is 14.7 Å². The van der Waals surface area contributed by atoms with Crippen LogP contribution in [0.15, 0.2) is 0 Å². The third-order valence-corrected chi connectivity index (χ3v) is 3.11. The van der Waals surface area contributed by atoms with Crippen molar-refractivity contribution in [2.75, 3.05) is 39.8 Å². The first-order chi connectivity index (χ1) is 7.54. The van der Waals surface area contributed by atoms with Crippen LogP contribution in [-0.2, 0) is 9.53 Å². The molecule has 1 heterocycles. The fourth-order valence-corrected chi connectivity index (χ4v) is 1.93. The van der Waals surface area contributed by atoms with Gasteiger partial charge in [-0.05, 0) is 20.9 Å². The number of carboxylic acids is 1. The molecule has 0 bridgehead atoms. The number of hydrogen-bond donors (Lipinski definition) is 1. The quantitative estimate of drug-likeness (QED) is 0.726. The molecule has 2 unspecified atom stereocenters. The molecule has 0 aromatic heterocycles. The first kappa shape index (κ1) is 13.4. The van der Waals surface area contributed by atoms with E-state index in [-0.39, 0.29) is 0 Å². The summed E-state index contributed by atoms with van der Waals surface area (Å²) >= 11 is 0. The number of likely N-dealkylation sites (N-methyl/N-ethyl adjacent to an activating group) is 1. The molecule has 16 heavy (non-hydrogen) atoms. The number of rotatable bonds is 5. The molecule has 94 valence electrons. The Morgan fingerprint density at radius 3 is 2.75 bits per heavy atom. The molecule has 0 aliphatic carbocycles. The van der Waals surface area contributed by atoms with Crippen molar-refractivity contribution in [1.29, 1.82) is 0 Å². The highest BCUT2D eigenvalue weighted by Gasteiger charge is 2.26. The van der Waals surface area contributed by atoms with Crippen LogP contribution in [0.4, 0.5) is 0 Å². The molecule has 1 saturated heterocycles. The third-order valence-electron chi connectivity index (χ3n) is 3.11. The van der Waals surface area contributed by atoms with Gasteiger partial charge in [-0.2, -0.15) is 0 Å². The molecule has 0 radical (unpaired) electrons. The second kappa shape index (κ2) is 6.18. The van der Waals surface area contributed by atoms with E-state index < -0.39 is 12.1 Å². The summed E-state index contributed by atoms with van der Waals surface area (Å²) in [5, 5.41) is 8.99. The van der Waals surface area contributed by atoms with E-state index in [9.17, 15) is 4.79 Å². The largest absolute Gasteiger partial charge is 0.479 e. The lowest BCUT2D eigenvalue weighted by Crippen LogP contribution is -2.52. The minimum absolute atomic E-state index is 0.445. The standard InChI is InChI=1S/C11H22N2O3/c1-4-16-10(11(14)15)8-13-6-5-12(3)9(2)7-13/h9-10H,4-8H2,1-3H3,(H,14,15). The van der Waals surface area contributed by atoms with Gasteiger partial charge in [0.15, 0.2) is 6.10 Å². The van der Waals surface area contributed by atoms with Crippen LogP contribution in [0.3, 0.4) is 0 Å². The van der Waals surface area contributed by atoms with Crippen LogP contribution in [0.2, 0.25) is 0 Å². The van der Waals surface area contributed by atoms with E-state index >= 15 is 0 Å². The molecule has 5 heteroatoms. The molecule has 0 aromatic rings. The van der Waals surface area contributed by atoms with Gasteiger partial charge in [-0.15, -0.1) is 0 Å². The molecule has 1 N–H and O–H groups in total. The number of carboxylic acid groups (broad SMARTS) is 1. The van der Waals surface area contributed by atoms with E-state index in [0.29, 0.717) is 19.2 Å². The zero-order chi connectivity index (χ0) is 12.1. The number of carbonyl (C=O) groups is 1. The molecule has 0 saturated carbocycles. The monoisotopic (exact) mass is 230 g/mol. The third kappa shape index (κ3) is 3.73. The Kier molecular flexibility index (Phi) is 5.18. The van der Waals surface area contributed by atoms with Gasteiger partial charge in [0.05, 0.1) is 0 Å². The second-order valence-electron chi connectivity index (χ2n) is 4.37. The first-order valence-electron chi connectivity index (χ1n) is 5.81. The lowest BCUT2D eigenvalue weighted by molar-refractivity contribution is -0.151. The SMILES string of the molecule is CCOC(CN1CCN(C)C(C)C1)C(=O)O. The van der Waals surface area contributed by atoms with Gasteiger partial charge >= 0.3 is 5.97 Å². The summed E-state index contributed by atoms with van der Waals surface area (Å²) in [5.41, 5.74) is 0. The topological polar surface area (TPSA) is 53.0 Å². The second-order valence-corrected chi connectivity index (χ2v) is 4.37. The molecule has 0 spiro atoms. The molecule has 0 aromatic carbocycles. The predicted molar refractivity (Wildman–Crippen MR) is 61.6 cm³/mol. The summed E-state index contributed by atoms with van der Waals surface area (Å²) in [4.78, 5) is 15.4. The highest BCUT2D eigenvalue weighted by Crippen LogP contribution is 2.08. The van der Waals surface area contributed by atoms with Crippen molar-refractivity contribution in [1.82, 2.24) is 9.80 Å². The number of hydrogen-bond acceptors (Lipinski definition) is 4. The highest BCUT2D eigenvalue weighted by atomic mass is 16.5. The van der Waals surface area contributed by atoms with Crippen molar-refractivity contribution in [2.24, 2.45) is 0 Å². The number of nitrogens with zero attached hydrogens (tertiary/aromatic N) is 2. The summed E-state index contributed by atoms with van der Waals surface area (Å²) < 4.78 is 5.21. The molecule has 1 aliphatic rings. The summed E-state index contributed by atoms with van der Waals surface area (Å²) in [6.45, 7) is 7.72. The van der Waals surface area contributed by atoms with E-state index in [0.717, 1.165) is 19.6 Å². The number of aliphatic carboxylic acids is 1. The Balaban J connectivity index is 2.43. The average Bonchev–Trinajstić information content (AvgIpc) is 2.22. The van der Waals surface area contributed by atoms with Crippen LogP contribution in [0.1, 0.15) is 13.8 Å². The predicted octanol–water partition coefficient (Wildman–Crippen LogP) is 0.112. The van der Waals surface area contributed by atoms with Gasteiger partial charge in [0, 0.05) is 38.8 Å². The smallest absolute Gasteiger partial charge is 0.334 e. The zero-order valence-electron chi connectivity index (χ0n) is 10.3. The summed E-state index contributed by atoms with van der Waals surface area (Å²) in [6.07, 6.45) is -0.694. The average molecular weight is 230 g/mol. The highest BCUT2D eigenvalue weighted by molar-refractivity contribution is 5.72.